The summed E-state index contributed by atoms with van der Waals surface area (Å²) in [6.45, 7) is 0.132. The van der Waals surface area contributed by atoms with Gasteiger partial charge in [-0.05, 0) is 17.3 Å². The Morgan fingerprint density at radius 3 is 2.53 bits per heavy atom. The molecule has 1 atom stereocenters. The number of nitrogens with one attached hydrogen (secondary N) is 1. The normalized spacial score (nSPS) is 11.8. The summed E-state index contributed by atoms with van der Waals surface area (Å²) in [6, 6.07) is 8.27. The Kier molecular flexibility index (Phi) is 5.45. The Morgan fingerprint density at radius 1 is 1.35 bits per heavy atom. The smallest absolute Gasteiger partial charge is 0.325 e. The molecule has 0 aliphatic rings. The second-order valence-corrected chi connectivity index (χ2v) is 3.64. The third-order valence-corrected chi connectivity index (χ3v) is 2.31. The standard InChI is InChI=1S/C11H13ClN2O3/c12-14-9(6-10(13)15)11(16)17-7-8-4-2-1-3-5-8/h1-5,9,14H,6-7H2,(H2,13,15)/t9-/m0/s1. The number of primary amides is 1. The highest BCUT2D eigenvalue weighted by molar-refractivity contribution is 6.15. The number of carbonyl (C=O) groups is 2. The number of rotatable bonds is 6. The molecule has 0 bridgehead atoms. The summed E-state index contributed by atoms with van der Waals surface area (Å²) in [5, 5.41) is 0. The summed E-state index contributed by atoms with van der Waals surface area (Å²) in [5.41, 5.74) is 5.82. The predicted molar refractivity (Wildman–Crippen MR) is 62.8 cm³/mol. The van der Waals surface area contributed by atoms with Crippen LogP contribution >= 0.6 is 11.8 Å². The van der Waals surface area contributed by atoms with Crippen molar-refractivity contribution in [3.8, 4) is 0 Å². The SMILES string of the molecule is NC(=O)C[C@H](NCl)C(=O)OCc1ccccc1. The fraction of sp³-hybridized carbons (Fsp3) is 0.273. The van der Waals surface area contributed by atoms with Crippen molar-refractivity contribution in [1.29, 1.82) is 0 Å². The molecule has 0 aliphatic heterocycles. The molecule has 0 fully saturated rings. The minimum absolute atomic E-state index is 0.132. The molecule has 0 unspecified atom stereocenters. The Morgan fingerprint density at radius 2 is 2.00 bits per heavy atom. The molecule has 1 aromatic rings. The van der Waals surface area contributed by atoms with E-state index in [0.29, 0.717) is 0 Å². The summed E-state index contributed by atoms with van der Waals surface area (Å²) in [6.07, 6.45) is -0.197. The van der Waals surface area contributed by atoms with Crippen molar-refractivity contribution >= 4 is 23.7 Å². The first-order valence-electron chi connectivity index (χ1n) is 4.98. The van der Waals surface area contributed by atoms with Gasteiger partial charge in [-0.1, -0.05) is 30.3 Å². The van der Waals surface area contributed by atoms with Crippen molar-refractivity contribution in [1.82, 2.24) is 4.84 Å². The van der Waals surface area contributed by atoms with Gasteiger partial charge in [-0.25, -0.2) is 4.84 Å². The molecular weight excluding hydrogens is 244 g/mol. The average molecular weight is 257 g/mol. The molecule has 3 N–H and O–H groups in total. The Labute approximate surface area is 104 Å². The van der Waals surface area contributed by atoms with Crippen LogP contribution in [0.3, 0.4) is 0 Å². The fourth-order valence-electron chi connectivity index (χ4n) is 1.20. The molecule has 0 aromatic heterocycles. The summed E-state index contributed by atoms with van der Waals surface area (Å²) in [5.74, 6) is -1.23. The van der Waals surface area contributed by atoms with Crippen molar-refractivity contribution in [2.45, 2.75) is 19.1 Å². The zero-order valence-electron chi connectivity index (χ0n) is 9.06. The number of benzene rings is 1. The van der Waals surface area contributed by atoms with Crippen LogP contribution in [-0.4, -0.2) is 17.9 Å². The number of amides is 1. The van der Waals surface area contributed by atoms with E-state index in [4.69, 9.17) is 22.2 Å². The fourth-order valence-corrected chi connectivity index (χ4v) is 1.36. The van der Waals surface area contributed by atoms with Gasteiger partial charge < -0.3 is 10.5 Å². The highest BCUT2D eigenvalue weighted by Crippen LogP contribution is 2.03. The minimum atomic E-state index is -0.919. The van der Waals surface area contributed by atoms with E-state index in [9.17, 15) is 9.59 Å². The van der Waals surface area contributed by atoms with E-state index in [1.807, 2.05) is 30.3 Å². The van der Waals surface area contributed by atoms with Gasteiger partial charge in [-0.15, -0.1) is 0 Å². The molecule has 1 aromatic carbocycles. The molecule has 6 heteroatoms. The van der Waals surface area contributed by atoms with Gasteiger partial charge in [0, 0.05) is 0 Å². The molecular formula is C11H13ClN2O3. The number of hydrogen-bond donors (Lipinski definition) is 2. The van der Waals surface area contributed by atoms with Crippen LogP contribution in [0.25, 0.3) is 0 Å². The Hall–Kier alpha value is -1.59. The van der Waals surface area contributed by atoms with Gasteiger partial charge >= 0.3 is 5.97 Å². The first-order valence-corrected chi connectivity index (χ1v) is 5.36. The number of ether oxygens (including phenoxy) is 1. The van der Waals surface area contributed by atoms with E-state index >= 15 is 0 Å². The van der Waals surface area contributed by atoms with Gasteiger partial charge in [0.15, 0.2) is 0 Å². The summed E-state index contributed by atoms with van der Waals surface area (Å²) in [4.78, 5) is 24.3. The second kappa shape index (κ2) is 6.88. The molecule has 92 valence electrons. The van der Waals surface area contributed by atoms with Crippen molar-refractivity contribution < 1.29 is 14.3 Å². The summed E-state index contributed by atoms with van der Waals surface area (Å²) >= 11 is 5.33. The van der Waals surface area contributed by atoms with Gasteiger partial charge in [-0.2, -0.15) is 0 Å². The van der Waals surface area contributed by atoms with Crippen LogP contribution < -0.4 is 10.6 Å². The van der Waals surface area contributed by atoms with Crippen LogP contribution in [0.15, 0.2) is 30.3 Å². The van der Waals surface area contributed by atoms with Crippen molar-refractivity contribution in [3.05, 3.63) is 35.9 Å². The van der Waals surface area contributed by atoms with Gasteiger partial charge in [0.2, 0.25) is 5.91 Å². The van der Waals surface area contributed by atoms with E-state index in [2.05, 4.69) is 4.84 Å². The first kappa shape index (κ1) is 13.5. The third kappa shape index (κ3) is 4.84. The van der Waals surface area contributed by atoms with Crippen molar-refractivity contribution in [2.75, 3.05) is 0 Å². The largest absolute Gasteiger partial charge is 0.460 e. The van der Waals surface area contributed by atoms with Gasteiger partial charge in [0.05, 0.1) is 6.42 Å². The third-order valence-electron chi connectivity index (χ3n) is 2.05. The highest BCUT2D eigenvalue weighted by atomic mass is 35.5. The van der Waals surface area contributed by atoms with Gasteiger partial charge in [-0.3, -0.25) is 9.59 Å². The maximum atomic E-state index is 11.5. The number of hydrogen-bond acceptors (Lipinski definition) is 4. The Bertz CT molecular complexity index is 384. The Balaban J connectivity index is 2.45. The van der Waals surface area contributed by atoms with Crippen molar-refractivity contribution in [2.24, 2.45) is 5.73 Å². The zero-order chi connectivity index (χ0) is 12.7. The lowest BCUT2D eigenvalue weighted by Crippen LogP contribution is -2.36. The zero-order valence-corrected chi connectivity index (χ0v) is 9.81. The quantitative estimate of drug-likeness (QED) is 0.580. The number of nitrogens with two attached hydrogens (primary N) is 1. The van der Waals surface area contributed by atoms with Crippen LogP contribution in [-0.2, 0) is 20.9 Å². The second-order valence-electron chi connectivity index (χ2n) is 3.43. The molecule has 0 spiro atoms. The molecule has 17 heavy (non-hydrogen) atoms. The lowest BCUT2D eigenvalue weighted by molar-refractivity contribution is -0.148. The van der Waals surface area contributed by atoms with Gasteiger partial charge in [0.1, 0.15) is 12.6 Å². The van der Waals surface area contributed by atoms with Gasteiger partial charge in [0.25, 0.3) is 0 Å². The van der Waals surface area contributed by atoms with Crippen LogP contribution in [0.5, 0.6) is 0 Å². The van der Waals surface area contributed by atoms with Crippen LogP contribution in [0.1, 0.15) is 12.0 Å². The van der Waals surface area contributed by atoms with E-state index in [1.54, 1.807) is 0 Å². The maximum Gasteiger partial charge on any atom is 0.325 e. The van der Waals surface area contributed by atoms with E-state index in [0.717, 1.165) is 5.56 Å². The topological polar surface area (TPSA) is 81.4 Å². The van der Waals surface area contributed by atoms with Crippen LogP contribution in [0.2, 0.25) is 0 Å². The summed E-state index contributed by atoms with van der Waals surface area (Å²) in [7, 11) is 0. The maximum absolute atomic E-state index is 11.5. The average Bonchev–Trinajstić information content (AvgIpc) is 2.34. The highest BCUT2D eigenvalue weighted by Gasteiger charge is 2.21. The molecule has 0 saturated heterocycles. The monoisotopic (exact) mass is 256 g/mol. The van der Waals surface area contributed by atoms with Crippen molar-refractivity contribution in [3.63, 3.8) is 0 Å². The lowest BCUT2D eigenvalue weighted by Gasteiger charge is -2.12. The molecule has 0 radical (unpaired) electrons. The molecule has 5 nitrogen and oxygen atoms in total. The van der Waals surface area contributed by atoms with Crippen LogP contribution in [0, 0.1) is 0 Å². The van der Waals surface area contributed by atoms with E-state index in [-0.39, 0.29) is 13.0 Å². The minimum Gasteiger partial charge on any atom is -0.460 e. The van der Waals surface area contributed by atoms with E-state index in [1.165, 1.54) is 0 Å². The lowest BCUT2D eigenvalue weighted by atomic mass is 10.2. The predicted octanol–water partition coefficient (Wildman–Crippen LogP) is 0.717. The molecule has 1 rings (SSSR count). The molecule has 0 aliphatic carbocycles. The number of esters is 1. The number of carbonyl (C=O) groups excluding carboxylic acids is 2. The molecule has 0 saturated carbocycles. The number of halogens is 1. The molecule has 0 heterocycles. The van der Waals surface area contributed by atoms with E-state index < -0.39 is 17.9 Å². The molecule has 1 amide bonds. The first-order chi connectivity index (χ1) is 8.13. The summed E-state index contributed by atoms with van der Waals surface area (Å²) < 4.78 is 4.99. The van der Waals surface area contributed by atoms with Crippen LogP contribution in [0.4, 0.5) is 0 Å².